The van der Waals surface area contributed by atoms with Crippen LogP contribution in [-0.2, 0) is 0 Å². The summed E-state index contributed by atoms with van der Waals surface area (Å²) in [6.45, 7) is 4.42. The lowest BCUT2D eigenvalue weighted by Crippen LogP contribution is -1.97. The molecule has 0 radical (unpaired) electrons. The molecule has 0 saturated heterocycles. The number of benzene rings is 3. The summed E-state index contributed by atoms with van der Waals surface area (Å²) in [6, 6.07) is 21.8. The Morgan fingerprint density at radius 2 is 0.909 bits per heavy atom. The zero-order valence-corrected chi connectivity index (χ0v) is 12.9. The zero-order chi connectivity index (χ0) is 15.1. The Kier molecular flexibility index (Phi) is 2.97. The Bertz CT molecular complexity index is 823. The van der Waals surface area contributed by atoms with Crippen molar-refractivity contribution in [1.82, 2.24) is 0 Å². The van der Waals surface area contributed by atoms with Crippen molar-refractivity contribution in [2.24, 2.45) is 0 Å². The highest BCUT2D eigenvalue weighted by Gasteiger charge is 2.18. The van der Waals surface area contributed by atoms with E-state index in [-0.39, 0.29) is 0 Å². The molecule has 0 heterocycles. The second-order valence-electron chi connectivity index (χ2n) is 5.96. The molecule has 0 spiro atoms. The van der Waals surface area contributed by atoms with Crippen LogP contribution in [0.4, 0.5) is 0 Å². The van der Waals surface area contributed by atoms with Gasteiger partial charge in [-0.3, -0.25) is 0 Å². The van der Waals surface area contributed by atoms with Crippen LogP contribution in [-0.4, -0.2) is 0 Å². The Morgan fingerprint density at radius 3 is 1.36 bits per heavy atom. The molecule has 0 aromatic heterocycles. The van der Waals surface area contributed by atoms with Gasteiger partial charge in [-0.1, -0.05) is 72.8 Å². The van der Waals surface area contributed by atoms with Gasteiger partial charge < -0.3 is 0 Å². The van der Waals surface area contributed by atoms with Crippen LogP contribution >= 0.6 is 0 Å². The largest absolute Gasteiger partial charge is 0.0616 e. The quantitative estimate of drug-likeness (QED) is 0.364. The molecule has 3 aromatic rings. The molecule has 0 N–H and O–H groups in total. The minimum atomic E-state index is 1.28. The maximum Gasteiger partial charge on any atom is -0.00672 e. The fraction of sp³-hybridized carbons (Fsp3) is 0.0909. The lowest BCUT2D eigenvalue weighted by atomic mass is 9.83. The first-order valence-corrected chi connectivity index (χ1v) is 7.73. The van der Waals surface area contributed by atoms with Crippen LogP contribution in [0, 0.1) is 13.8 Å². The van der Waals surface area contributed by atoms with Gasteiger partial charge in [0.1, 0.15) is 0 Å². The van der Waals surface area contributed by atoms with E-state index in [1.165, 1.54) is 44.5 Å². The molecular formula is C22H18. The molecular weight excluding hydrogens is 264 g/mol. The van der Waals surface area contributed by atoms with E-state index in [9.17, 15) is 0 Å². The maximum absolute atomic E-state index is 2.24. The number of aryl methyl sites for hydroxylation is 2. The van der Waals surface area contributed by atoms with Crippen LogP contribution < -0.4 is 0 Å². The van der Waals surface area contributed by atoms with E-state index in [1.807, 2.05) is 0 Å². The van der Waals surface area contributed by atoms with Gasteiger partial charge in [-0.2, -0.15) is 0 Å². The summed E-state index contributed by atoms with van der Waals surface area (Å²) < 4.78 is 0. The lowest BCUT2D eigenvalue weighted by Gasteiger charge is -2.21. The van der Waals surface area contributed by atoms with Crippen LogP contribution in [0.5, 0.6) is 0 Å². The van der Waals surface area contributed by atoms with E-state index in [1.54, 1.807) is 0 Å². The first kappa shape index (κ1) is 13.1. The molecule has 1 aliphatic rings. The topological polar surface area (TPSA) is 0 Å². The predicted octanol–water partition coefficient (Wildman–Crippen LogP) is 6.12. The summed E-state index contributed by atoms with van der Waals surface area (Å²) >= 11 is 0. The van der Waals surface area contributed by atoms with Crippen molar-refractivity contribution in [1.29, 1.82) is 0 Å². The van der Waals surface area contributed by atoms with Gasteiger partial charge in [0.05, 0.1) is 0 Å². The number of fused-ring (bicyclic) bond motifs is 5. The van der Waals surface area contributed by atoms with Crippen molar-refractivity contribution in [3.8, 4) is 22.3 Å². The van der Waals surface area contributed by atoms with E-state index in [4.69, 9.17) is 0 Å². The van der Waals surface area contributed by atoms with Crippen molar-refractivity contribution in [3.05, 3.63) is 82.9 Å². The number of hydrogen-bond acceptors (Lipinski definition) is 0. The summed E-state index contributed by atoms with van der Waals surface area (Å²) in [5, 5.41) is 0. The van der Waals surface area contributed by atoms with E-state index in [2.05, 4.69) is 86.7 Å². The normalized spacial score (nSPS) is 11.9. The Balaban J connectivity index is 2.21. The number of rotatable bonds is 0. The Hall–Kier alpha value is -2.60. The summed E-state index contributed by atoms with van der Waals surface area (Å²) in [5.41, 5.74) is 10.6. The molecule has 106 valence electrons. The highest BCUT2D eigenvalue weighted by atomic mass is 14.2. The third-order valence-electron chi connectivity index (χ3n) is 4.52. The molecule has 0 bridgehead atoms. The van der Waals surface area contributed by atoms with Crippen LogP contribution in [0.2, 0.25) is 0 Å². The summed E-state index contributed by atoms with van der Waals surface area (Å²) in [6.07, 6.45) is 4.47. The third-order valence-corrected chi connectivity index (χ3v) is 4.52. The van der Waals surface area contributed by atoms with Gasteiger partial charge in [0.2, 0.25) is 0 Å². The fourth-order valence-corrected chi connectivity index (χ4v) is 3.42. The molecule has 0 nitrogen and oxygen atoms in total. The van der Waals surface area contributed by atoms with Crippen molar-refractivity contribution < 1.29 is 0 Å². The van der Waals surface area contributed by atoms with Crippen LogP contribution in [0.1, 0.15) is 22.3 Å². The maximum atomic E-state index is 2.24. The first-order valence-electron chi connectivity index (χ1n) is 7.73. The lowest BCUT2D eigenvalue weighted by molar-refractivity contribution is 1.38. The van der Waals surface area contributed by atoms with E-state index in [0.29, 0.717) is 0 Å². The molecule has 3 aromatic carbocycles. The second kappa shape index (κ2) is 4.99. The standard InChI is InChI=1S/C22H18/c1-15-11-12-16(2)22-20-10-6-4-8-18(20)14-13-17-7-3-5-9-19(17)21(15)22/h3-14H,1-2H3. The van der Waals surface area contributed by atoms with E-state index < -0.39 is 0 Å². The Morgan fingerprint density at radius 1 is 0.500 bits per heavy atom. The third kappa shape index (κ3) is 1.92. The fourth-order valence-electron chi connectivity index (χ4n) is 3.42. The Labute approximate surface area is 131 Å². The van der Waals surface area contributed by atoms with Crippen molar-refractivity contribution in [2.75, 3.05) is 0 Å². The smallest absolute Gasteiger partial charge is 0.00672 e. The first-order chi connectivity index (χ1) is 10.8. The van der Waals surface area contributed by atoms with Gasteiger partial charge in [0.25, 0.3) is 0 Å². The second-order valence-corrected chi connectivity index (χ2v) is 5.96. The molecule has 0 heteroatoms. The molecule has 0 aliphatic heterocycles. The van der Waals surface area contributed by atoms with Crippen molar-refractivity contribution in [3.63, 3.8) is 0 Å². The monoisotopic (exact) mass is 282 g/mol. The van der Waals surface area contributed by atoms with Gasteiger partial charge in [-0.15, -0.1) is 0 Å². The molecule has 4 rings (SSSR count). The molecule has 0 fully saturated rings. The van der Waals surface area contributed by atoms with Crippen LogP contribution in [0.25, 0.3) is 34.4 Å². The van der Waals surface area contributed by atoms with E-state index in [0.717, 1.165) is 0 Å². The van der Waals surface area contributed by atoms with E-state index >= 15 is 0 Å². The van der Waals surface area contributed by atoms with Gasteiger partial charge in [0.15, 0.2) is 0 Å². The van der Waals surface area contributed by atoms with Gasteiger partial charge in [-0.05, 0) is 58.4 Å². The van der Waals surface area contributed by atoms with Crippen LogP contribution in [0.3, 0.4) is 0 Å². The predicted molar refractivity (Wildman–Crippen MR) is 95.7 cm³/mol. The molecule has 0 amide bonds. The van der Waals surface area contributed by atoms with Crippen LogP contribution in [0.15, 0.2) is 60.7 Å². The average Bonchev–Trinajstić information content (AvgIpc) is 2.54. The number of hydrogen-bond donors (Lipinski definition) is 0. The molecule has 0 unspecified atom stereocenters. The molecule has 22 heavy (non-hydrogen) atoms. The van der Waals surface area contributed by atoms with Gasteiger partial charge >= 0.3 is 0 Å². The SMILES string of the molecule is Cc1ccc(C)c2c1-c1ccccc1C=Cc1ccccc1-2. The molecule has 0 atom stereocenters. The average molecular weight is 282 g/mol. The summed E-state index contributed by atoms with van der Waals surface area (Å²) in [4.78, 5) is 0. The summed E-state index contributed by atoms with van der Waals surface area (Å²) in [5.74, 6) is 0. The minimum Gasteiger partial charge on any atom is -0.0616 e. The van der Waals surface area contributed by atoms with Gasteiger partial charge in [0, 0.05) is 0 Å². The highest BCUT2D eigenvalue weighted by molar-refractivity contribution is 5.97. The summed E-state index contributed by atoms with van der Waals surface area (Å²) in [7, 11) is 0. The highest BCUT2D eigenvalue weighted by Crippen LogP contribution is 2.42. The van der Waals surface area contributed by atoms with Crippen molar-refractivity contribution >= 4 is 12.2 Å². The van der Waals surface area contributed by atoms with Crippen molar-refractivity contribution in [2.45, 2.75) is 13.8 Å². The van der Waals surface area contributed by atoms with Gasteiger partial charge in [-0.25, -0.2) is 0 Å². The zero-order valence-electron chi connectivity index (χ0n) is 12.9. The molecule has 0 saturated carbocycles. The molecule has 1 aliphatic carbocycles. The minimum absolute atomic E-state index is 1.28.